The van der Waals surface area contributed by atoms with Crippen molar-refractivity contribution in [2.75, 3.05) is 0 Å². The van der Waals surface area contributed by atoms with Gasteiger partial charge in [-0.2, -0.15) is 14.6 Å². The number of ether oxygens (including phenoxy) is 1. The largest absolute Gasteiger partial charge is 0.473 e. The van der Waals surface area contributed by atoms with Gasteiger partial charge in [-0.15, -0.1) is 5.10 Å². The lowest BCUT2D eigenvalue weighted by Gasteiger charge is -2.26. The number of nitrogens with zero attached hydrogens (tertiary/aromatic N) is 7. The molecule has 0 amide bonds. The quantitative estimate of drug-likeness (QED) is 0.414. The molecule has 14 heteroatoms. The molecule has 3 aromatic heterocycles. The highest BCUT2D eigenvalue weighted by Crippen LogP contribution is 2.35. The summed E-state index contributed by atoms with van der Waals surface area (Å²) in [6, 6.07) is 3.25. The van der Waals surface area contributed by atoms with Gasteiger partial charge in [-0.05, 0) is 43.9 Å². The average molecular weight is 503 g/mol. The van der Waals surface area contributed by atoms with Crippen molar-refractivity contribution in [3.8, 4) is 11.6 Å². The SMILES string of the molecule is CC(C)c1noc(C2CCC(Oc3ncnc4c3nnn4-c3ccc(S(N)(=O)=O)cc3F)CC2)n1. The first-order valence-electron chi connectivity index (χ1n) is 11.1. The van der Waals surface area contributed by atoms with Crippen molar-refractivity contribution in [1.29, 1.82) is 0 Å². The van der Waals surface area contributed by atoms with E-state index in [0.29, 0.717) is 11.7 Å². The molecule has 0 unspecified atom stereocenters. The van der Waals surface area contributed by atoms with Gasteiger partial charge < -0.3 is 9.26 Å². The maximum atomic E-state index is 14.7. The van der Waals surface area contributed by atoms with Gasteiger partial charge in [0.15, 0.2) is 17.0 Å². The molecule has 5 rings (SSSR count). The van der Waals surface area contributed by atoms with E-state index in [1.54, 1.807) is 0 Å². The molecule has 0 atom stereocenters. The van der Waals surface area contributed by atoms with Gasteiger partial charge in [0.05, 0.1) is 4.90 Å². The van der Waals surface area contributed by atoms with Gasteiger partial charge in [0, 0.05) is 11.8 Å². The van der Waals surface area contributed by atoms with Crippen LogP contribution in [0.4, 0.5) is 4.39 Å². The van der Waals surface area contributed by atoms with Crippen LogP contribution in [0.2, 0.25) is 0 Å². The zero-order valence-corrected chi connectivity index (χ0v) is 19.8. The molecule has 1 aromatic carbocycles. The minimum absolute atomic E-state index is 0.0367. The molecule has 0 saturated heterocycles. The second kappa shape index (κ2) is 8.92. The lowest BCUT2D eigenvalue weighted by molar-refractivity contribution is 0.135. The van der Waals surface area contributed by atoms with Crippen LogP contribution in [0.5, 0.6) is 5.88 Å². The molecule has 0 bridgehead atoms. The first-order chi connectivity index (χ1) is 16.7. The molecule has 2 N–H and O–H groups in total. The van der Waals surface area contributed by atoms with E-state index >= 15 is 0 Å². The Hall–Kier alpha value is -3.52. The summed E-state index contributed by atoms with van der Waals surface area (Å²) in [5.74, 6) is 1.16. The Kier molecular flexibility index (Phi) is 5.92. The van der Waals surface area contributed by atoms with Crippen molar-refractivity contribution in [1.82, 2.24) is 35.1 Å². The molecule has 0 aliphatic heterocycles. The van der Waals surface area contributed by atoms with E-state index in [1.165, 1.54) is 18.5 Å². The predicted octanol–water partition coefficient (Wildman–Crippen LogP) is 2.61. The normalized spacial score (nSPS) is 18.9. The topological polar surface area (TPSA) is 165 Å². The van der Waals surface area contributed by atoms with Gasteiger partial charge in [-0.1, -0.05) is 24.2 Å². The molecule has 0 spiro atoms. The molecule has 35 heavy (non-hydrogen) atoms. The zero-order valence-electron chi connectivity index (χ0n) is 19.0. The fourth-order valence-electron chi connectivity index (χ4n) is 4.05. The van der Waals surface area contributed by atoms with Crippen molar-refractivity contribution >= 4 is 21.2 Å². The molecule has 1 fully saturated rings. The van der Waals surface area contributed by atoms with Gasteiger partial charge in [0.2, 0.25) is 21.8 Å². The van der Waals surface area contributed by atoms with E-state index in [2.05, 4.69) is 30.4 Å². The Labute approximate surface area is 199 Å². The van der Waals surface area contributed by atoms with E-state index < -0.39 is 15.8 Å². The van der Waals surface area contributed by atoms with Gasteiger partial charge in [0.1, 0.15) is 23.9 Å². The molecule has 1 aliphatic rings. The van der Waals surface area contributed by atoms with Crippen LogP contribution in [-0.2, 0) is 10.0 Å². The number of halogens is 1. The van der Waals surface area contributed by atoms with E-state index in [-0.39, 0.29) is 45.6 Å². The summed E-state index contributed by atoms with van der Waals surface area (Å²) in [5.41, 5.74) is 0.450. The Morgan fingerprint density at radius 1 is 1.20 bits per heavy atom. The summed E-state index contributed by atoms with van der Waals surface area (Å²) in [7, 11) is -4.05. The molecule has 1 saturated carbocycles. The third kappa shape index (κ3) is 4.58. The second-order valence-corrected chi connectivity index (χ2v) is 10.3. The summed E-state index contributed by atoms with van der Waals surface area (Å²) < 4.78 is 50.4. The fourth-order valence-corrected chi connectivity index (χ4v) is 4.57. The van der Waals surface area contributed by atoms with Crippen LogP contribution in [0.1, 0.15) is 63.1 Å². The maximum Gasteiger partial charge on any atom is 0.247 e. The summed E-state index contributed by atoms with van der Waals surface area (Å²) >= 11 is 0. The summed E-state index contributed by atoms with van der Waals surface area (Å²) in [4.78, 5) is 12.5. The van der Waals surface area contributed by atoms with Crippen LogP contribution in [0.25, 0.3) is 16.9 Å². The van der Waals surface area contributed by atoms with E-state index in [0.717, 1.165) is 36.4 Å². The first-order valence-corrected chi connectivity index (χ1v) is 12.6. The summed E-state index contributed by atoms with van der Waals surface area (Å²) in [5, 5.41) is 17.2. The second-order valence-electron chi connectivity index (χ2n) is 8.75. The number of fused-ring (bicyclic) bond motifs is 1. The highest BCUT2D eigenvalue weighted by molar-refractivity contribution is 7.89. The van der Waals surface area contributed by atoms with Crippen LogP contribution < -0.4 is 9.88 Å². The van der Waals surface area contributed by atoms with E-state index in [1.807, 2.05) is 13.8 Å². The molecule has 3 heterocycles. The number of sulfonamides is 1. The van der Waals surface area contributed by atoms with Crippen LogP contribution >= 0.6 is 0 Å². The van der Waals surface area contributed by atoms with Gasteiger partial charge in [-0.3, -0.25) is 0 Å². The number of rotatable bonds is 6. The number of primary sulfonamides is 1. The Balaban J connectivity index is 1.33. The monoisotopic (exact) mass is 502 g/mol. The smallest absolute Gasteiger partial charge is 0.247 e. The standard InChI is InChI=1S/C21H23FN8O4S/c1-11(2)18-26-20(34-28-18)12-3-5-13(6-4-12)33-21-17-19(24-10-25-21)30(29-27-17)16-8-7-14(9-15(16)22)35(23,31)32/h7-13H,3-6H2,1-2H3,(H2,23,31,32). The lowest BCUT2D eigenvalue weighted by Crippen LogP contribution is -2.24. The van der Waals surface area contributed by atoms with Crippen molar-refractivity contribution < 1.29 is 22.1 Å². The van der Waals surface area contributed by atoms with Gasteiger partial charge >= 0.3 is 0 Å². The number of nitrogens with two attached hydrogens (primary N) is 1. The molecule has 4 aromatic rings. The number of hydrogen-bond acceptors (Lipinski definition) is 10. The summed E-state index contributed by atoms with van der Waals surface area (Å²) in [6.07, 6.45) is 4.35. The number of aromatic nitrogens is 7. The van der Waals surface area contributed by atoms with E-state index in [4.69, 9.17) is 14.4 Å². The van der Waals surface area contributed by atoms with Crippen LogP contribution in [0.3, 0.4) is 0 Å². The predicted molar refractivity (Wildman–Crippen MR) is 120 cm³/mol. The highest BCUT2D eigenvalue weighted by Gasteiger charge is 2.29. The molecule has 184 valence electrons. The van der Waals surface area contributed by atoms with Gasteiger partial charge in [0.25, 0.3) is 0 Å². The Morgan fingerprint density at radius 2 is 1.97 bits per heavy atom. The number of hydrogen-bond donors (Lipinski definition) is 1. The van der Waals surface area contributed by atoms with Crippen molar-refractivity contribution in [3.63, 3.8) is 0 Å². The lowest BCUT2D eigenvalue weighted by atomic mass is 9.87. The maximum absolute atomic E-state index is 14.7. The fraction of sp³-hybridized carbons (Fsp3) is 0.429. The molecular weight excluding hydrogens is 479 g/mol. The van der Waals surface area contributed by atoms with Crippen LogP contribution in [0, 0.1) is 5.82 Å². The van der Waals surface area contributed by atoms with Crippen molar-refractivity contribution in [2.24, 2.45) is 5.14 Å². The first kappa shape index (κ1) is 23.2. The minimum atomic E-state index is -4.05. The summed E-state index contributed by atoms with van der Waals surface area (Å²) in [6.45, 7) is 4.04. The molecular formula is C21H23FN8O4S. The van der Waals surface area contributed by atoms with Crippen molar-refractivity contribution in [2.45, 2.75) is 62.4 Å². The Morgan fingerprint density at radius 3 is 2.63 bits per heavy atom. The molecule has 0 radical (unpaired) electrons. The zero-order chi connectivity index (χ0) is 24.7. The average Bonchev–Trinajstić information content (AvgIpc) is 3.47. The third-order valence-corrected chi connectivity index (χ3v) is 6.87. The van der Waals surface area contributed by atoms with Crippen molar-refractivity contribution in [3.05, 3.63) is 42.1 Å². The molecule has 1 aliphatic carbocycles. The van der Waals surface area contributed by atoms with Crippen LogP contribution in [0.15, 0.2) is 33.9 Å². The number of benzene rings is 1. The third-order valence-electron chi connectivity index (χ3n) is 5.96. The van der Waals surface area contributed by atoms with Gasteiger partial charge in [-0.25, -0.2) is 22.9 Å². The Bertz CT molecular complexity index is 1480. The van der Waals surface area contributed by atoms with Crippen LogP contribution in [-0.4, -0.2) is 49.6 Å². The van der Waals surface area contributed by atoms with E-state index in [9.17, 15) is 12.8 Å². The highest BCUT2D eigenvalue weighted by atomic mass is 32.2. The minimum Gasteiger partial charge on any atom is -0.473 e. The molecule has 12 nitrogen and oxygen atoms in total.